The van der Waals surface area contributed by atoms with Gasteiger partial charge < -0.3 is 9.84 Å². The maximum atomic E-state index is 11.6. The molecule has 1 saturated heterocycles. The number of likely N-dealkylation sites (tertiary alicyclic amines) is 1. The van der Waals surface area contributed by atoms with E-state index in [1.54, 1.807) is 6.26 Å². The molecule has 4 nitrogen and oxygen atoms in total. The zero-order valence-corrected chi connectivity index (χ0v) is 11.4. The lowest BCUT2D eigenvalue weighted by molar-refractivity contribution is 0.0813. The second kappa shape index (κ2) is 4.40. The number of carboxylic acid groups (broad SMARTS) is 1. The molecule has 2 heterocycles. The van der Waals surface area contributed by atoms with Crippen LogP contribution in [0, 0.1) is 6.92 Å². The lowest BCUT2D eigenvalue weighted by Crippen LogP contribution is -2.52. The topological polar surface area (TPSA) is 49.8 Å². The molecule has 0 aliphatic carbocycles. The average Bonchev–Trinajstić information content (AvgIpc) is 2.38. The van der Waals surface area contributed by atoms with Gasteiger partial charge in [-0.05, 0) is 37.5 Å². The van der Waals surface area contributed by atoms with Gasteiger partial charge in [-0.3, -0.25) is 4.90 Å². The van der Waals surface area contributed by atoms with E-state index in [-0.39, 0.29) is 0 Å². The first-order chi connectivity index (χ1) is 9.53. The van der Waals surface area contributed by atoms with Crippen LogP contribution in [0.2, 0.25) is 0 Å². The molecule has 3 rings (SSSR count). The van der Waals surface area contributed by atoms with Gasteiger partial charge in [-0.2, -0.15) is 0 Å². The Morgan fingerprint density at radius 2 is 2.30 bits per heavy atom. The van der Waals surface area contributed by atoms with Gasteiger partial charge in [-0.15, -0.1) is 0 Å². The fraction of sp³-hybridized carbons (Fsp3) is 0.312. The Balaban J connectivity index is 2.18. The van der Waals surface area contributed by atoms with Crippen LogP contribution >= 0.6 is 0 Å². The van der Waals surface area contributed by atoms with Crippen LogP contribution in [0.3, 0.4) is 0 Å². The number of benzene rings is 1. The Hall–Kier alpha value is -2.23. The van der Waals surface area contributed by atoms with Crippen molar-refractivity contribution in [2.24, 2.45) is 0 Å². The standard InChI is InChI=1S/C16H17NO3/c1-11-3-4-13-14(9-11)20-8-6-16(13)10-12(2)5-7-17(16)15(18)19/h3-4,6,8-9H,2,5,7,10H2,1H3,(H,18,19)/t16-/m0/s1. The van der Waals surface area contributed by atoms with Crippen LogP contribution in [-0.2, 0) is 5.54 Å². The Morgan fingerprint density at radius 1 is 1.50 bits per heavy atom. The van der Waals surface area contributed by atoms with Gasteiger partial charge >= 0.3 is 6.09 Å². The maximum absolute atomic E-state index is 11.6. The third-order valence-electron chi connectivity index (χ3n) is 4.06. The maximum Gasteiger partial charge on any atom is 0.408 e. The molecule has 0 saturated carbocycles. The van der Waals surface area contributed by atoms with Crippen LogP contribution in [0.4, 0.5) is 4.79 Å². The van der Waals surface area contributed by atoms with Gasteiger partial charge in [-0.25, -0.2) is 4.79 Å². The number of aryl methyl sites for hydroxylation is 1. The molecule has 0 aromatic heterocycles. The predicted molar refractivity (Wildman–Crippen MR) is 75.7 cm³/mol. The molecule has 1 aromatic rings. The Labute approximate surface area is 118 Å². The summed E-state index contributed by atoms with van der Waals surface area (Å²) in [5.74, 6) is 0.730. The van der Waals surface area contributed by atoms with E-state index in [0.717, 1.165) is 22.4 Å². The van der Waals surface area contributed by atoms with Crippen LogP contribution in [0.25, 0.3) is 0 Å². The molecule has 0 bridgehead atoms. The van der Waals surface area contributed by atoms with E-state index in [1.165, 1.54) is 4.90 Å². The van der Waals surface area contributed by atoms with E-state index >= 15 is 0 Å². The van der Waals surface area contributed by atoms with Gasteiger partial charge in [0.25, 0.3) is 0 Å². The summed E-state index contributed by atoms with van der Waals surface area (Å²) in [6.45, 7) is 6.51. The summed E-state index contributed by atoms with van der Waals surface area (Å²) >= 11 is 0. The highest BCUT2D eigenvalue weighted by molar-refractivity contribution is 5.69. The van der Waals surface area contributed by atoms with Crippen LogP contribution in [-0.4, -0.2) is 22.6 Å². The molecule has 2 aliphatic rings. The van der Waals surface area contributed by atoms with Crippen molar-refractivity contribution in [3.63, 3.8) is 0 Å². The lowest BCUT2D eigenvalue weighted by Gasteiger charge is -2.46. The predicted octanol–water partition coefficient (Wildman–Crippen LogP) is 3.43. The van der Waals surface area contributed by atoms with E-state index in [2.05, 4.69) is 6.58 Å². The number of fused-ring (bicyclic) bond motifs is 2. The van der Waals surface area contributed by atoms with Crippen molar-refractivity contribution in [2.45, 2.75) is 25.3 Å². The molecule has 0 radical (unpaired) electrons. The largest absolute Gasteiger partial charge is 0.465 e. The highest BCUT2D eigenvalue weighted by Crippen LogP contribution is 2.46. The molecule has 1 fully saturated rings. The summed E-state index contributed by atoms with van der Waals surface area (Å²) in [5, 5.41) is 9.54. The molecule has 1 aromatic carbocycles. The van der Waals surface area contributed by atoms with E-state index in [4.69, 9.17) is 4.74 Å². The minimum atomic E-state index is -0.907. The van der Waals surface area contributed by atoms with Gasteiger partial charge in [0.05, 0.1) is 6.26 Å². The molecule has 0 unspecified atom stereocenters. The first kappa shape index (κ1) is 12.8. The van der Waals surface area contributed by atoms with Crippen molar-refractivity contribution in [3.8, 4) is 5.75 Å². The molecular formula is C16H17NO3. The molecule has 104 valence electrons. The molecule has 4 heteroatoms. The Kier molecular flexibility index (Phi) is 2.82. The number of rotatable bonds is 0. The first-order valence-corrected chi connectivity index (χ1v) is 6.66. The lowest BCUT2D eigenvalue weighted by atomic mass is 9.77. The number of ether oxygens (including phenoxy) is 1. The quantitative estimate of drug-likeness (QED) is 0.735. The van der Waals surface area contributed by atoms with Crippen molar-refractivity contribution in [3.05, 3.63) is 53.8 Å². The highest BCUT2D eigenvalue weighted by Gasteiger charge is 2.45. The van der Waals surface area contributed by atoms with Crippen LogP contribution in [0.15, 0.2) is 42.7 Å². The third-order valence-corrected chi connectivity index (χ3v) is 4.06. The third kappa shape index (κ3) is 1.80. The van der Waals surface area contributed by atoms with E-state index < -0.39 is 11.6 Å². The zero-order chi connectivity index (χ0) is 14.3. The molecule has 1 atom stereocenters. The number of hydrogen-bond donors (Lipinski definition) is 1. The van der Waals surface area contributed by atoms with E-state index in [9.17, 15) is 9.90 Å². The minimum Gasteiger partial charge on any atom is -0.465 e. The van der Waals surface area contributed by atoms with Gasteiger partial charge in [0.1, 0.15) is 11.3 Å². The van der Waals surface area contributed by atoms with E-state index in [0.29, 0.717) is 19.4 Å². The fourth-order valence-electron chi connectivity index (χ4n) is 3.08. The second-order valence-corrected chi connectivity index (χ2v) is 5.46. The molecule has 2 aliphatic heterocycles. The smallest absolute Gasteiger partial charge is 0.408 e. The van der Waals surface area contributed by atoms with Crippen LogP contribution in [0.1, 0.15) is 24.0 Å². The Morgan fingerprint density at radius 3 is 3.05 bits per heavy atom. The van der Waals surface area contributed by atoms with Crippen molar-refractivity contribution in [1.29, 1.82) is 0 Å². The molecule has 20 heavy (non-hydrogen) atoms. The SMILES string of the molecule is C=C1CCN(C(=O)O)[C@@]2(C=COc3cc(C)ccc32)C1. The van der Waals surface area contributed by atoms with Crippen LogP contribution in [0.5, 0.6) is 5.75 Å². The van der Waals surface area contributed by atoms with Gasteiger partial charge in [0, 0.05) is 12.1 Å². The summed E-state index contributed by atoms with van der Waals surface area (Å²) in [5.41, 5.74) is 2.38. The van der Waals surface area contributed by atoms with Gasteiger partial charge in [-0.1, -0.05) is 24.3 Å². The minimum absolute atomic E-state index is 0.464. The molecule has 1 N–H and O–H groups in total. The number of hydrogen-bond acceptors (Lipinski definition) is 2. The van der Waals surface area contributed by atoms with Crippen molar-refractivity contribution in [2.75, 3.05) is 6.54 Å². The summed E-state index contributed by atoms with van der Waals surface area (Å²) < 4.78 is 5.57. The number of amides is 1. The Bertz CT molecular complexity index is 620. The van der Waals surface area contributed by atoms with Gasteiger partial charge in [0.2, 0.25) is 0 Å². The van der Waals surface area contributed by atoms with Crippen molar-refractivity contribution >= 4 is 6.09 Å². The normalized spacial score (nSPS) is 24.4. The monoisotopic (exact) mass is 271 g/mol. The average molecular weight is 271 g/mol. The summed E-state index contributed by atoms with van der Waals surface area (Å²) in [4.78, 5) is 13.1. The van der Waals surface area contributed by atoms with Gasteiger partial charge in [0.15, 0.2) is 0 Å². The summed E-state index contributed by atoms with van der Waals surface area (Å²) in [6.07, 6.45) is 3.84. The second-order valence-electron chi connectivity index (χ2n) is 5.46. The fourth-order valence-corrected chi connectivity index (χ4v) is 3.08. The summed E-state index contributed by atoms with van der Waals surface area (Å²) in [6, 6.07) is 5.89. The number of carbonyl (C=O) groups is 1. The number of piperidine rings is 1. The number of nitrogens with zero attached hydrogens (tertiary/aromatic N) is 1. The summed E-state index contributed by atoms with van der Waals surface area (Å²) in [7, 11) is 0. The van der Waals surface area contributed by atoms with Crippen molar-refractivity contribution in [1.82, 2.24) is 4.90 Å². The molecule has 1 spiro atoms. The molecular weight excluding hydrogens is 254 g/mol. The van der Waals surface area contributed by atoms with Crippen LogP contribution < -0.4 is 4.74 Å². The zero-order valence-electron chi connectivity index (χ0n) is 11.4. The van der Waals surface area contributed by atoms with E-state index in [1.807, 2.05) is 31.2 Å². The molecule has 1 amide bonds. The first-order valence-electron chi connectivity index (χ1n) is 6.66. The van der Waals surface area contributed by atoms with Crippen molar-refractivity contribution < 1.29 is 14.6 Å². The highest BCUT2D eigenvalue weighted by atomic mass is 16.5.